The fourth-order valence-electron chi connectivity index (χ4n) is 2.81. The van der Waals surface area contributed by atoms with Gasteiger partial charge in [-0.3, -0.25) is 4.90 Å². The largest absolute Gasteiger partial charge is 0.309 e. The van der Waals surface area contributed by atoms with Gasteiger partial charge in [0.15, 0.2) is 0 Å². The summed E-state index contributed by atoms with van der Waals surface area (Å²) in [6.07, 6.45) is 2.33. The van der Waals surface area contributed by atoms with Crippen LogP contribution in [0, 0.1) is 0 Å². The number of benzene rings is 1. The van der Waals surface area contributed by atoms with Gasteiger partial charge in [0.1, 0.15) is 0 Å². The molecule has 1 N–H and O–H groups in total. The molecule has 1 fully saturated rings. The van der Waals surface area contributed by atoms with Crippen LogP contribution in [0.2, 0.25) is 0 Å². The lowest BCUT2D eigenvalue weighted by atomic mass is 9.95. The van der Waals surface area contributed by atoms with E-state index < -0.39 is 0 Å². The molecule has 1 heterocycles. The van der Waals surface area contributed by atoms with Crippen LogP contribution < -0.4 is 5.32 Å². The van der Waals surface area contributed by atoms with Crippen molar-refractivity contribution in [2.24, 2.45) is 0 Å². The molecule has 0 aliphatic carbocycles. The standard InChI is InChI=1S/C16H26N2/c1-4-14-8-6-7-9-15(14)12-18-11-10-17-16(3,5-2)13-18/h6-9,17H,4-5,10-13H2,1-3H3. The van der Waals surface area contributed by atoms with Crippen LogP contribution in [0.4, 0.5) is 0 Å². The van der Waals surface area contributed by atoms with Gasteiger partial charge in [0, 0.05) is 31.7 Å². The highest BCUT2D eigenvalue weighted by Gasteiger charge is 2.28. The number of hydrogen-bond acceptors (Lipinski definition) is 2. The van der Waals surface area contributed by atoms with E-state index in [1.807, 2.05) is 0 Å². The van der Waals surface area contributed by atoms with Crippen molar-refractivity contribution in [3.05, 3.63) is 35.4 Å². The molecular formula is C16H26N2. The van der Waals surface area contributed by atoms with Gasteiger partial charge in [-0.05, 0) is 30.9 Å². The van der Waals surface area contributed by atoms with Crippen molar-refractivity contribution in [2.45, 2.75) is 45.7 Å². The van der Waals surface area contributed by atoms with Gasteiger partial charge in [0.05, 0.1) is 0 Å². The third kappa shape index (κ3) is 3.12. The Morgan fingerprint density at radius 3 is 2.61 bits per heavy atom. The molecule has 0 bridgehead atoms. The Kier molecular flexibility index (Phi) is 4.41. The van der Waals surface area contributed by atoms with Crippen LogP contribution in [-0.4, -0.2) is 30.1 Å². The summed E-state index contributed by atoms with van der Waals surface area (Å²) < 4.78 is 0. The van der Waals surface area contributed by atoms with E-state index in [-0.39, 0.29) is 0 Å². The van der Waals surface area contributed by atoms with E-state index >= 15 is 0 Å². The van der Waals surface area contributed by atoms with E-state index in [2.05, 4.69) is 55.3 Å². The molecule has 1 unspecified atom stereocenters. The van der Waals surface area contributed by atoms with Crippen molar-refractivity contribution >= 4 is 0 Å². The summed E-state index contributed by atoms with van der Waals surface area (Å²) in [6.45, 7) is 11.4. The zero-order valence-corrected chi connectivity index (χ0v) is 12.0. The van der Waals surface area contributed by atoms with E-state index in [9.17, 15) is 0 Å². The molecule has 0 spiro atoms. The molecule has 2 rings (SSSR count). The number of nitrogens with one attached hydrogen (secondary N) is 1. The van der Waals surface area contributed by atoms with Gasteiger partial charge in [0.2, 0.25) is 0 Å². The topological polar surface area (TPSA) is 15.3 Å². The van der Waals surface area contributed by atoms with Crippen LogP contribution in [0.3, 0.4) is 0 Å². The molecule has 0 amide bonds. The summed E-state index contributed by atoms with van der Waals surface area (Å²) in [6, 6.07) is 8.85. The van der Waals surface area contributed by atoms with Crippen LogP contribution in [0.25, 0.3) is 0 Å². The molecule has 1 aromatic carbocycles. The van der Waals surface area contributed by atoms with E-state index in [1.54, 1.807) is 0 Å². The number of nitrogens with zero attached hydrogens (tertiary/aromatic N) is 1. The molecule has 1 aromatic rings. The molecule has 18 heavy (non-hydrogen) atoms. The third-order valence-electron chi connectivity index (χ3n) is 4.23. The zero-order valence-electron chi connectivity index (χ0n) is 12.0. The first kappa shape index (κ1) is 13.6. The average molecular weight is 246 g/mol. The van der Waals surface area contributed by atoms with Gasteiger partial charge in [-0.25, -0.2) is 0 Å². The number of hydrogen-bond donors (Lipinski definition) is 1. The first-order valence-electron chi connectivity index (χ1n) is 7.21. The van der Waals surface area contributed by atoms with Crippen molar-refractivity contribution in [1.29, 1.82) is 0 Å². The Hall–Kier alpha value is -0.860. The predicted molar refractivity (Wildman–Crippen MR) is 77.8 cm³/mol. The van der Waals surface area contributed by atoms with Gasteiger partial charge in [-0.15, -0.1) is 0 Å². The lowest BCUT2D eigenvalue weighted by Gasteiger charge is -2.41. The molecule has 0 saturated carbocycles. The van der Waals surface area contributed by atoms with E-state index in [1.165, 1.54) is 17.5 Å². The van der Waals surface area contributed by atoms with E-state index in [0.29, 0.717) is 5.54 Å². The Labute approximate surface area is 111 Å². The second kappa shape index (κ2) is 5.85. The average Bonchev–Trinajstić information content (AvgIpc) is 2.39. The Balaban J connectivity index is 2.05. The first-order chi connectivity index (χ1) is 8.67. The predicted octanol–water partition coefficient (Wildman–Crippen LogP) is 2.82. The highest BCUT2D eigenvalue weighted by atomic mass is 15.2. The molecule has 1 saturated heterocycles. The lowest BCUT2D eigenvalue weighted by Crippen LogP contribution is -2.58. The van der Waals surface area contributed by atoms with Crippen LogP contribution in [0.15, 0.2) is 24.3 Å². The van der Waals surface area contributed by atoms with Crippen LogP contribution in [-0.2, 0) is 13.0 Å². The van der Waals surface area contributed by atoms with Gasteiger partial charge in [-0.1, -0.05) is 38.1 Å². The smallest absolute Gasteiger partial charge is 0.0278 e. The number of piperazine rings is 1. The van der Waals surface area contributed by atoms with Gasteiger partial charge in [-0.2, -0.15) is 0 Å². The second-order valence-corrected chi connectivity index (χ2v) is 5.67. The monoisotopic (exact) mass is 246 g/mol. The van der Waals surface area contributed by atoms with E-state index in [4.69, 9.17) is 0 Å². The lowest BCUT2D eigenvalue weighted by molar-refractivity contribution is 0.133. The SMILES string of the molecule is CCc1ccccc1CN1CCNC(C)(CC)C1. The van der Waals surface area contributed by atoms with Gasteiger partial charge in [0.25, 0.3) is 0 Å². The van der Waals surface area contributed by atoms with Crippen molar-refractivity contribution in [3.63, 3.8) is 0 Å². The molecule has 1 aliphatic heterocycles. The van der Waals surface area contributed by atoms with Crippen molar-refractivity contribution in [3.8, 4) is 0 Å². The quantitative estimate of drug-likeness (QED) is 0.879. The maximum Gasteiger partial charge on any atom is 0.0278 e. The molecule has 2 nitrogen and oxygen atoms in total. The Bertz CT molecular complexity index is 388. The third-order valence-corrected chi connectivity index (χ3v) is 4.23. The van der Waals surface area contributed by atoms with Gasteiger partial charge >= 0.3 is 0 Å². The van der Waals surface area contributed by atoms with Crippen molar-refractivity contribution in [1.82, 2.24) is 10.2 Å². The Morgan fingerprint density at radius 1 is 1.22 bits per heavy atom. The Morgan fingerprint density at radius 2 is 1.94 bits per heavy atom. The molecule has 0 radical (unpaired) electrons. The molecule has 1 aliphatic rings. The summed E-state index contributed by atoms with van der Waals surface area (Å²) in [5.74, 6) is 0. The number of aryl methyl sites for hydroxylation is 1. The molecular weight excluding hydrogens is 220 g/mol. The first-order valence-corrected chi connectivity index (χ1v) is 7.21. The highest BCUT2D eigenvalue weighted by molar-refractivity contribution is 5.27. The van der Waals surface area contributed by atoms with Crippen molar-refractivity contribution < 1.29 is 0 Å². The van der Waals surface area contributed by atoms with Crippen LogP contribution >= 0.6 is 0 Å². The summed E-state index contributed by atoms with van der Waals surface area (Å²) in [4.78, 5) is 2.59. The minimum atomic E-state index is 0.291. The zero-order chi connectivity index (χ0) is 13.0. The maximum absolute atomic E-state index is 3.65. The van der Waals surface area contributed by atoms with E-state index in [0.717, 1.165) is 32.6 Å². The minimum absolute atomic E-state index is 0.291. The summed E-state index contributed by atoms with van der Waals surface area (Å²) in [5.41, 5.74) is 3.29. The molecule has 0 aromatic heterocycles. The maximum atomic E-state index is 3.65. The summed E-state index contributed by atoms with van der Waals surface area (Å²) in [7, 11) is 0. The van der Waals surface area contributed by atoms with Crippen LogP contribution in [0.5, 0.6) is 0 Å². The molecule has 2 heteroatoms. The molecule has 100 valence electrons. The fourth-order valence-corrected chi connectivity index (χ4v) is 2.81. The second-order valence-electron chi connectivity index (χ2n) is 5.67. The normalized spacial score (nSPS) is 25.3. The summed E-state index contributed by atoms with van der Waals surface area (Å²) >= 11 is 0. The summed E-state index contributed by atoms with van der Waals surface area (Å²) in [5, 5.41) is 3.65. The van der Waals surface area contributed by atoms with Crippen molar-refractivity contribution in [2.75, 3.05) is 19.6 Å². The minimum Gasteiger partial charge on any atom is -0.309 e. The van der Waals surface area contributed by atoms with Crippen LogP contribution in [0.1, 0.15) is 38.3 Å². The van der Waals surface area contributed by atoms with Gasteiger partial charge < -0.3 is 5.32 Å². The number of rotatable bonds is 4. The highest BCUT2D eigenvalue weighted by Crippen LogP contribution is 2.19. The fraction of sp³-hybridized carbons (Fsp3) is 0.625. The molecule has 1 atom stereocenters.